The van der Waals surface area contributed by atoms with Crippen LogP contribution in [0.2, 0.25) is 0 Å². The van der Waals surface area contributed by atoms with Crippen LogP contribution in [0.1, 0.15) is 5.56 Å². The smallest absolute Gasteiger partial charge is 0.127 e. The van der Waals surface area contributed by atoms with Crippen LogP contribution in [0, 0.1) is 5.82 Å². The van der Waals surface area contributed by atoms with Crippen LogP contribution in [-0.4, -0.2) is 31.1 Å². The van der Waals surface area contributed by atoms with Crippen molar-refractivity contribution in [2.45, 2.75) is 6.54 Å². The number of halogens is 1. The second kappa shape index (κ2) is 8.23. The molecule has 1 aliphatic heterocycles. The number of benzene rings is 3. The second-order valence-corrected chi connectivity index (χ2v) is 6.80. The molecule has 0 amide bonds. The Morgan fingerprint density at radius 3 is 2.19 bits per heavy atom. The van der Waals surface area contributed by atoms with Crippen molar-refractivity contribution in [3.05, 3.63) is 90.2 Å². The molecule has 1 fully saturated rings. The van der Waals surface area contributed by atoms with Crippen LogP contribution in [-0.2, 0) is 6.54 Å². The monoisotopic (exact) mass is 362 g/mol. The van der Waals surface area contributed by atoms with E-state index in [0.29, 0.717) is 0 Å². The number of nitrogens with zero attached hydrogens (tertiary/aromatic N) is 2. The Kier molecular flexibility index (Phi) is 5.35. The highest BCUT2D eigenvalue weighted by molar-refractivity contribution is 5.46. The average Bonchev–Trinajstić information content (AvgIpc) is 2.70. The maximum absolute atomic E-state index is 13.1. The summed E-state index contributed by atoms with van der Waals surface area (Å²) in [6.07, 6.45) is 0. The van der Waals surface area contributed by atoms with Gasteiger partial charge in [0.1, 0.15) is 17.3 Å². The summed E-state index contributed by atoms with van der Waals surface area (Å²) in [5.41, 5.74) is 2.34. The SMILES string of the molecule is Fc1ccc(N2CCN(Cc3cccc(Oc4ccccc4)c3)CC2)cc1. The number of ether oxygens (including phenoxy) is 1. The van der Waals surface area contributed by atoms with Gasteiger partial charge in [0.15, 0.2) is 0 Å². The van der Waals surface area contributed by atoms with Crippen molar-refractivity contribution >= 4 is 5.69 Å². The quantitative estimate of drug-likeness (QED) is 0.639. The van der Waals surface area contributed by atoms with E-state index in [4.69, 9.17) is 4.74 Å². The van der Waals surface area contributed by atoms with Gasteiger partial charge >= 0.3 is 0 Å². The van der Waals surface area contributed by atoms with E-state index in [1.165, 1.54) is 17.7 Å². The fraction of sp³-hybridized carbons (Fsp3) is 0.217. The van der Waals surface area contributed by atoms with Crippen LogP contribution in [0.4, 0.5) is 10.1 Å². The molecule has 0 bridgehead atoms. The summed E-state index contributed by atoms with van der Waals surface area (Å²) >= 11 is 0. The number of para-hydroxylation sites is 1. The largest absolute Gasteiger partial charge is 0.457 e. The van der Waals surface area contributed by atoms with E-state index in [-0.39, 0.29) is 5.82 Å². The first-order valence-corrected chi connectivity index (χ1v) is 9.31. The minimum absolute atomic E-state index is 0.185. The van der Waals surface area contributed by atoms with Crippen LogP contribution < -0.4 is 9.64 Å². The lowest BCUT2D eigenvalue weighted by molar-refractivity contribution is 0.249. The lowest BCUT2D eigenvalue weighted by atomic mass is 10.1. The molecule has 0 unspecified atom stereocenters. The molecule has 1 saturated heterocycles. The van der Waals surface area contributed by atoms with E-state index < -0.39 is 0 Å². The van der Waals surface area contributed by atoms with Gasteiger partial charge in [-0.25, -0.2) is 4.39 Å². The predicted octanol–water partition coefficient (Wildman–Crippen LogP) is 4.94. The summed E-state index contributed by atoms with van der Waals surface area (Å²) in [5.74, 6) is 1.53. The molecule has 0 saturated carbocycles. The Hall–Kier alpha value is -2.85. The number of hydrogen-bond donors (Lipinski definition) is 0. The Morgan fingerprint density at radius 1 is 0.741 bits per heavy atom. The maximum Gasteiger partial charge on any atom is 0.127 e. The molecule has 0 aromatic heterocycles. The zero-order valence-corrected chi connectivity index (χ0v) is 15.2. The van der Waals surface area contributed by atoms with E-state index in [2.05, 4.69) is 21.9 Å². The van der Waals surface area contributed by atoms with Gasteiger partial charge in [0.2, 0.25) is 0 Å². The lowest BCUT2D eigenvalue weighted by Gasteiger charge is -2.36. The van der Waals surface area contributed by atoms with E-state index in [0.717, 1.165) is 49.9 Å². The Morgan fingerprint density at radius 2 is 1.44 bits per heavy atom. The van der Waals surface area contributed by atoms with Gasteiger partial charge in [-0.1, -0.05) is 30.3 Å². The summed E-state index contributed by atoms with van der Waals surface area (Å²) in [6, 6.07) is 24.9. The minimum Gasteiger partial charge on any atom is -0.457 e. The van der Waals surface area contributed by atoms with Gasteiger partial charge in [-0.3, -0.25) is 4.90 Å². The molecule has 27 heavy (non-hydrogen) atoms. The zero-order valence-electron chi connectivity index (χ0n) is 15.2. The summed E-state index contributed by atoms with van der Waals surface area (Å²) in [7, 11) is 0. The van der Waals surface area contributed by atoms with Crippen LogP contribution in [0.5, 0.6) is 11.5 Å². The molecule has 3 aromatic rings. The third-order valence-corrected chi connectivity index (χ3v) is 4.85. The standard InChI is InChI=1S/C23H23FN2O/c24-20-9-11-21(12-10-20)26-15-13-25(14-16-26)18-19-5-4-8-23(17-19)27-22-6-2-1-3-7-22/h1-12,17H,13-16,18H2. The highest BCUT2D eigenvalue weighted by atomic mass is 19.1. The fourth-order valence-electron chi connectivity index (χ4n) is 3.41. The molecule has 0 N–H and O–H groups in total. The summed E-state index contributed by atoms with van der Waals surface area (Å²) < 4.78 is 19.0. The van der Waals surface area contributed by atoms with E-state index in [1.54, 1.807) is 0 Å². The molecular weight excluding hydrogens is 339 g/mol. The lowest BCUT2D eigenvalue weighted by Crippen LogP contribution is -2.45. The van der Waals surface area contributed by atoms with Crippen LogP contribution in [0.25, 0.3) is 0 Å². The molecule has 3 nitrogen and oxygen atoms in total. The van der Waals surface area contributed by atoms with Crippen molar-refractivity contribution in [1.29, 1.82) is 0 Å². The highest BCUT2D eigenvalue weighted by Crippen LogP contribution is 2.23. The number of hydrogen-bond acceptors (Lipinski definition) is 3. The molecule has 1 aliphatic rings. The van der Waals surface area contributed by atoms with Crippen LogP contribution >= 0.6 is 0 Å². The average molecular weight is 362 g/mol. The van der Waals surface area contributed by atoms with Crippen molar-refractivity contribution in [2.24, 2.45) is 0 Å². The topological polar surface area (TPSA) is 15.7 Å². The van der Waals surface area contributed by atoms with Gasteiger partial charge in [0, 0.05) is 38.4 Å². The van der Waals surface area contributed by atoms with Crippen LogP contribution in [0.3, 0.4) is 0 Å². The van der Waals surface area contributed by atoms with Gasteiger partial charge in [0.05, 0.1) is 0 Å². The third-order valence-electron chi connectivity index (χ3n) is 4.85. The van der Waals surface area contributed by atoms with Crippen molar-refractivity contribution in [1.82, 2.24) is 4.90 Å². The molecule has 0 aliphatic carbocycles. The first-order valence-electron chi connectivity index (χ1n) is 9.31. The maximum atomic E-state index is 13.1. The zero-order chi connectivity index (χ0) is 18.5. The Balaban J connectivity index is 1.34. The summed E-state index contributed by atoms with van der Waals surface area (Å²) in [5, 5.41) is 0. The molecule has 0 atom stereocenters. The predicted molar refractivity (Wildman–Crippen MR) is 107 cm³/mol. The third kappa shape index (κ3) is 4.66. The first-order chi connectivity index (χ1) is 13.3. The number of anilines is 1. The van der Waals surface area contributed by atoms with Gasteiger partial charge in [-0.05, 0) is 54.1 Å². The number of piperazine rings is 1. The summed E-state index contributed by atoms with van der Waals surface area (Å²) in [4.78, 5) is 4.76. The van der Waals surface area contributed by atoms with E-state index in [9.17, 15) is 4.39 Å². The molecule has 0 radical (unpaired) electrons. The fourth-order valence-corrected chi connectivity index (χ4v) is 3.41. The van der Waals surface area contributed by atoms with Crippen molar-refractivity contribution in [3.63, 3.8) is 0 Å². The molecular formula is C23H23FN2O. The normalized spacial score (nSPS) is 14.9. The van der Waals surface area contributed by atoms with Crippen molar-refractivity contribution < 1.29 is 9.13 Å². The van der Waals surface area contributed by atoms with E-state index in [1.807, 2.05) is 54.6 Å². The molecule has 138 valence electrons. The second-order valence-electron chi connectivity index (χ2n) is 6.80. The Labute approximate surface area is 159 Å². The number of rotatable bonds is 5. The van der Waals surface area contributed by atoms with Crippen molar-refractivity contribution in [3.8, 4) is 11.5 Å². The minimum atomic E-state index is -0.185. The van der Waals surface area contributed by atoms with Gasteiger partial charge < -0.3 is 9.64 Å². The van der Waals surface area contributed by atoms with Crippen LogP contribution in [0.15, 0.2) is 78.9 Å². The first kappa shape index (κ1) is 17.6. The highest BCUT2D eigenvalue weighted by Gasteiger charge is 2.17. The van der Waals surface area contributed by atoms with Gasteiger partial charge in [-0.15, -0.1) is 0 Å². The van der Waals surface area contributed by atoms with E-state index >= 15 is 0 Å². The van der Waals surface area contributed by atoms with Gasteiger partial charge in [0.25, 0.3) is 0 Å². The Bertz CT molecular complexity index is 859. The molecule has 4 rings (SSSR count). The molecule has 1 heterocycles. The van der Waals surface area contributed by atoms with Gasteiger partial charge in [-0.2, -0.15) is 0 Å². The molecule has 0 spiro atoms. The molecule has 4 heteroatoms. The van der Waals surface area contributed by atoms with Crippen molar-refractivity contribution in [2.75, 3.05) is 31.1 Å². The summed E-state index contributed by atoms with van der Waals surface area (Å²) in [6.45, 7) is 4.78. The molecule has 3 aromatic carbocycles.